The smallest absolute Gasteiger partial charge is 0.0491 e. The van der Waals surface area contributed by atoms with Gasteiger partial charge in [0.1, 0.15) is 0 Å². The fraction of sp³-hybridized carbons (Fsp3) is 0.571. The predicted molar refractivity (Wildman–Crippen MR) is 75.4 cm³/mol. The molecule has 0 aliphatic heterocycles. The van der Waals surface area contributed by atoms with Crippen molar-refractivity contribution in [2.24, 2.45) is 5.73 Å². The van der Waals surface area contributed by atoms with Crippen LogP contribution in [0.3, 0.4) is 0 Å². The second-order valence-corrected chi connectivity index (χ2v) is 5.23. The minimum absolute atomic E-state index is 0.0869. The number of likely N-dealkylation sites (N-methyl/N-ethyl adjacent to an activating group) is 1. The average Bonchev–Trinajstić information content (AvgIpc) is 2.30. The molecule has 96 valence electrons. The van der Waals surface area contributed by atoms with E-state index in [1.807, 2.05) is 24.3 Å². The quantitative estimate of drug-likeness (QED) is 0.872. The zero-order valence-electron chi connectivity index (χ0n) is 11.2. The lowest BCUT2D eigenvalue weighted by molar-refractivity contribution is 0.107. The van der Waals surface area contributed by atoms with Crippen LogP contribution in [0.25, 0.3) is 0 Å². The number of benzene rings is 1. The molecule has 0 amide bonds. The summed E-state index contributed by atoms with van der Waals surface area (Å²) in [5, 5.41) is 0.750. The minimum atomic E-state index is -0.103. The first-order valence-corrected chi connectivity index (χ1v) is 6.58. The number of hydrogen-bond acceptors (Lipinski definition) is 2. The molecule has 1 rings (SSSR count). The highest BCUT2D eigenvalue weighted by atomic mass is 35.5. The van der Waals surface area contributed by atoms with E-state index in [-0.39, 0.29) is 11.6 Å². The third-order valence-electron chi connectivity index (χ3n) is 3.58. The highest BCUT2D eigenvalue weighted by Gasteiger charge is 2.33. The summed E-state index contributed by atoms with van der Waals surface area (Å²) in [6, 6.07) is 7.74. The first kappa shape index (κ1) is 14.5. The van der Waals surface area contributed by atoms with E-state index >= 15 is 0 Å². The Morgan fingerprint density at radius 2 is 1.76 bits per heavy atom. The molecular formula is C14H23ClN2. The number of nitrogens with zero attached hydrogens (tertiary/aromatic N) is 1. The summed E-state index contributed by atoms with van der Waals surface area (Å²) in [7, 11) is 0. The zero-order valence-corrected chi connectivity index (χ0v) is 12.0. The van der Waals surface area contributed by atoms with Crippen molar-refractivity contribution in [2.75, 3.05) is 13.1 Å². The van der Waals surface area contributed by atoms with Gasteiger partial charge in [-0.2, -0.15) is 0 Å². The molecule has 0 aliphatic rings. The Hall–Kier alpha value is -0.570. The van der Waals surface area contributed by atoms with Gasteiger partial charge in [0.25, 0.3) is 0 Å². The second kappa shape index (κ2) is 5.85. The van der Waals surface area contributed by atoms with Crippen molar-refractivity contribution in [2.45, 2.75) is 39.3 Å². The molecule has 0 aliphatic carbocycles. The van der Waals surface area contributed by atoms with Gasteiger partial charge in [-0.3, -0.25) is 4.90 Å². The van der Waals surface area contributed by atoms with Crippen LogP contribution in [0.5, 0.6) is 0 Å². The molecule has 2 N–H and O–H groups in total. The SMILES string of the molecule is CCN(CC)C(C)(C)C(N)c1ccccc1Cl. The number of halogens is 1. The third kappa shape index (κ3) is 3.01. The van der Waals surface area contributed by atoms with Crippen molar-refractivity contribution in [3.8, 4) is 0 Å². The molecule has 0 heterocycles. The Morgan fingerprint density at radius 3 is 2.24 bits per heavy atom. The Morgan fingerprint density at radius 1 is 1.24 bits per heavy atom. The molecule has 0 spiro atoms. The third-order valence-corrected chi connectivity index (χ3v) is 3.92. The normalized spacial score (nSPS) is 14.1. The molecule has 2 nitrogen and oxygen atoms in total. The maximum atomic E-state index is 6.40. The van der Waals surface area contributed by atoms with Crippen molar-refractivity contribution in [1.82, 2.24) is 4.90 Å². The topological polar surface area (TPSA) is 29.3 Å². The Balaban J connectivity index is 3.03. The van der Waals surface area contributed by atoms with Gasteiger partial charge in [-0.15, -0.1) is 0 Å². The first-order valence-electron chi connectivity index (χ1n) is 6.20. The van der Waals surface area contributed by atoms with Crippen molar-refractivity contribution in [3.05, 3.63) is 34.9 Å². The number of nitrogens with two attached hydrogens (primary N) is 1. The van der Waals surface area contributed by atoms with E-state index in [0.717, 1.165) is 23.7 Å². The van der Waals surface area contributed by atoms with Gasteiger partial charge in [0, 0.05) is 16.6 Å². The lowest BCUT2D eigenvalue weighted by Gasteiger charge is -2.42. The fourth-order valence-corrected chi connectivity index (χ4v) is 2.60. The van der Waals surface area contributed by atoms with E-state index in [2.05, 4.69) is 32.6 Å². The van der Waals surface area contributed by atoms with E-state index in [1.54, 1.807) is 0 Å². The van der Waals surface area contributed by atoms with Gasteiger partial charge in [0.05, 0.1) is 0 Å². The number of hydrogen-bond donors (Lipinski definition) is 1. The van der Waals surface area contributed by atoms with E-state index in [9.17, 15) is 0 Å². The molecule has 0 bridgehead atoms. The summed E-state index contributed by atoms with van der Waals surface area (Å²) in [6.45, 7) is 10.6. The highest BCUT2D eigenvalue weighted by molar-refractivity contribution is 6.31. The van der Waals surface area contributed by atoms with E-state index in [4.69, 9.17) is 17.3 Å². The molecule has 1 atom stereocenters. The van der Waals surface area contributed by atoms with Gasteiger partial charge in [0.2, 0.25) is 0 Å². The molecular weight excluding hydrogens is 232 g/mol. The molecule has 1 unspecified atom stereocenters. The standard InChI is InChI=1S/C14H23ClN2/c1-5-17(6-2)14(3,4)13(16)11-9-7-8-10-12(11)15/h7-10,13H,5-6,16H2,1-4H3. The van der Waals surface area contributed by atoms with E-state index in [1.165, 1.54) is 0 Å². The molecule has 0 fully saturated rings. The largest absolute Gasteiger partial charge is 0.322 e. The molecule has 3 heteroatoms. The van der Waals surface area contributed by atoms with Crippen LogP contribution in [0, 0.1) is 0 Å². The van der Waals surface area contributed by atoms with Gasteiger partial charge in [-0.25, -0.2) is 0 Å². The Bertz CT molecular complexity index is 359. The first-order chi connectivity index (χ1) is 7.95. The van der Waals surface area contributed by atoms with Gasteiger partial charge < -0.3 is 5.73 Å². The van der Waals surface area contributed by atoms with Crippen LogP contribution in [-0.2, 0) is 0 Å². The van der Waals surface area contributed by atoms with E-state index in [0.29, 0.717) is 0 Å². The van der Waals surface area contributed by atoms with Crippen molar-refractivity contribution in [1.29, 1.82) is 0 Å². The average molecular weight is 255 g/mol. The number of rotatable bonds is 5. The van der Waals surface area contributed by atoms with Crippen LogP contribution in [0.2, 0.25) is 5.02 Å². The van der Waals surface area contributed by atoms with Crippen LogP contribution in [0.4, 0.5) is 0 Å². The molecule has 1 aromatic carbocycles. The lowest BCUT2D eigenvalue weighted by Crippen LogP contribution is -2.51. The molecule has 0 aromatic heterocycles. The van der Waals surface area contributed by atoms with Crippen molar-refractivity contribution in [3.63, 3.8) is 0 Å². The Labute approximate surface area is 110 Å². The monoisotopic (exact) mass is 254 g/mol. The second-order valence-electron chi connectivity index (χ2n) is 4.83. The highest BCUT2D eigenvalue weighted by Crippen LogP contribution is 2.32. The molecule has 0 saturated carbocycles. The van der Waals surface area contributed by atoms with Crippen LogP contribution < -0.4 is 5.73 Å². The van der Waals surface area contributed by atoms with Crippen LogP contribution in [0.1, 0.15) is 39.3 Å². The summed E-state index contributed by atoms with van der Waals surface area (Å²) >= 11 is 6.22. The van der Waals surface area contributed by atoms with Crippen molar-refractivity contribution < 1.29 is 0 Å². The summed E-state index contributed by atoms with van der Waals surface area (Å²) < 4.78 is 0. The molecule has 17 heavy (non-hydrogen) atoms. The molecule has 0 saturated heterocycles. The summed E-state index contributed by atoms with van der Waals surface area (Å²) in [6.07, 6.45) is 0. The van der Waals surface area contributed by atoms with Gasteiger partial charge >= 0.3 is 0 Å². The summed E-state index contributed by atoms with van der Waals surface area (Å²) in [4.78, 5) is 2.36. The lowest BCUT2D eigenvalue weighted by atomic mass is 9.87. The van der Waals surface area contributed by atoms with Crippen molar-refractivity contribution >= 4 is 11.6 Å². The van der Waals surface area contributed by atoms with Crippen LogP contribution in [0.15, 0.2) is 24.3 Å². The minimum Gasteiger partial charge on any atom is -0.322 e. The maximum Gasteiger partial charge on any atom is 0.0491 e. The van der Waals surface area contributed by atoms with Gasteiger partial charge in [-0.1, -0.05) is 43.6 Å². The summed E-state index contributed by atoms with van der Waals surface area (Å²) in [5.41, 5.74) is 7.32. The Kier molecular flexibility index (Phi) is 4.99. The predicted octanol–water partition coefficient (Wildman–Crippen LogP) is 3.46. The van der Waals surface area contributed by atoms with Crippen LogP contribution in [-0.4, -0.2) is 23.5 Å². The van der Waals surface area contributed by atoms with E-state index < -0.39 is 0 Å². The van der Waals surface area contributed by atoms with Gasteiger partial charge in [-0.05, 0) is 38.6 Å². The maximum absolute atomic E-state index is 6.40. The molecule has 1 aromatic rings. The summed E-state index contributed by atoms with van der Waals surface area (Å²) in [5.74, 6) is 0. The fourth-order valence-electron chi connectivity index (χ4n) is 2.34. The van der Waals surface area contributed by atoms with Gasteiger partial charge in [0.15, 0.2) is 0 Å². The molecule has 0 radical (unpaired) electrons. The van der Waals surface area contributed by atoms with Crippen LogP contribution >= 0.6 is 11.6 Å². The zero-order chi connectivity index (χ0) is 13.1.